The van der Waals surface area contributed by atoms with Gasteiger partial charge in [0.1, 0.15) is 5.75 Å². The molecule has 2 N–H and O–H groups in total. The minimum absolute atomic E-state index is 0.0125. The van der Waals surface area contributed by atoms with Gasteiger partial charge in [-0.3, -0.25) is 4.79 Å². The predicted molar refractivity (Wildman–Crippen MR) is 111 cm³/mol. The van der Waals surface area contributed by atoms with Gasteiger partial charge < -0.3 is 24.6 Å². The smallest absolute Gasteiger partial charge is 0.286 e. The molecule has 2 aliphatic rings. The molecule has 160 valence electrons. The summed E-state index contributed by atoms with van der Waals surface area (Å²) in [5, 5.41) is 12.5. The Balaban J connectivity index is 1.88. The average molecular weight is 404 g/mol. The molecule has 6 heteroatoms. The van der Waals surface area contributed by atoms with Crippen LogP contribution in [0.4, 0.5) is 0 Å². The summed E-state index contributed by atoms with van der Waals surface area (Å²) in [6.07, 6.45) is 7.16. The summed E-state index contributed by atoms with van der Waals surface area (Å²) in [5.41, 5.74) is 1.08. The fourth-order valence-electron chi connectivity index (χ4n) is 4.30. The highest BCUT2D eigenvalue weighted by molar-refractivity contribution is 5.92. The van der Waals surface area contributed by atoms with E-state index in [0.717, 1.165) is 43.4 Å². The van der Waals surface area contributed by atoms with Crippen LogP contribution in [0.25, 0.3) is 0 Å². The van der Waals surface area contributed by atoms with Crippen LogP contribution in [0.1, 0.15) is 56.9 Å². The second-order valence-corrected chi connectivity index (χ2v) is 7.76. The summed E-state index contributed by atoms with van der Waals surface area (Å²) in [6, 6.07) is 8.12. The second-order valence-electron chi connectivity index (χ2n) is 7.76. The monoisotopic (exact) mass is 403 g/mol. The van der Waals surface area contributed by atoms with Crippen molar-refractivity contribution in [2.45, 2.75) is 63.7 Å². The fraction of sp³-hybridized carbons (Fsp3) is 0.609. The number of ether oxygens (including phenoxy) is 3. The standard InChI is InChI=1S/C23H33NO5/c1-3-28-23-19(9-6-14-25)20(16-10-12-18(27-2)13-11-16)15-21(29-23)22(26)24-17-7-4-5-8-17/h10-13,15,17,19-20,23,25H,3-9,14H2,1-2H3,(H,24,26)/t19-,20+,23+/m1/s1. The molecule has 0 saturated heterocycles. The molecule has 0 spiro atoms. The molecule has 1 heterocycles. The Morgan fingerprint density at radius 3 is 2.59 bits per heavy atom. The van der Waals surface area contributed by atoms with Crippen LogP contribution in [0.2, 0.25) is 0 Å². The molecule has 1 aromatic rings. The third kappa shape index (κ3) is 5.52. The molecule has 3 atom stereocenters. The van der Waals surface area contributed by atoms with E-state index in [1.54, 1.807) is 7.11 Å². The van der Waals surface area contributed by atoms with Crippen molar-refractivity contribution in [2.75, 3.05) is 20.3 Å². The average Bonchev–Trinajstić information content (AvgIpc) is 3.25. The third-order valence-corrected chi connectivity index (χ3v) is 5.83. The van der Waals surface area contributed by atoms with Gasteiger partial charge in [-0.05, 0) is 56.4 Å². The summed E-state index contributed by atoms with van der Waals surface area (Å²) in [5.74, 6) is 0.926. The zero-order valence-corrected chi connectivity index (χ0v) is 17.4. The van der Waals surface area contributed by atoms with Crippen LogP contribution >= 0.6 is 0 Å². The Hall–Kier alpha value is -2.05. The number of methoxy groups -OCH3 is 1. The second kappa shape index (κ2) is 10.6. The zero-order chi connectivity index (χ0) is 20.6. The first kappa shape index (κ1) is 21.7. The molecule has 3 rings (SSSR count). The molecule has 1 fully saturated rings. The highest BCUT2D eigenvalue weighted by atomic mass is 16.7. The number of hydrogen-bond donors (Lipinski definition) is 2. The summed E-state index contributed by atoms with van der Waals surface area (Å²) in [4.78, 5) is 12.9. The number of amides is 1. The van der Waals surface area contributed by atoms with E-state index in [1.807, 2.05) is 37.3 Å². The number of carbonyl (C=O) groups is 1. The molecule has 0 unspecified atom stereocenters. The Labute approximate surface area is 173 Å². The van der Waals surface area contributed by atoms with Crippen molar-refractivity contribution in [3.05, 3.63) is 41.7 Å². The lowest BCUT2D eigenvalue weighted by Gasteiger charge is -2.37. The topological polar surface area (TPSA) is 77.0 Å². The minimum atomic E-state index is -0.520. The molecule has 1 aliphatic carbocycles. The van der Waals surface area contributed by atoms with E-state index in [2.05, 4.69) is 5.32 Å². The van der Waals surface area contributed by atoms with Crippen molar-refractivity contribution in [1.29, 1.82) is 0 Å². The molecular weight excluding hydrogens is 370 g/mol. The molecule has 0 radical (unpaired) electrons. The maximum absolute atomic E-state index is 12.9. The lowest BCUT2D eigenvalue weighted by molar-refractivity contribution is -0.166. The summed E-state index contributed by atoms with van der Waals surface area (Å²) in [7, 11) is 1.64. The van der Waals surface area contributed by atoms with E-state index in [0.29, 0.717) is 18.8 Å². The summed E-state index contributed by atoms with van der Waals surface area (Å²) in [6.45, 7) is 2.53. The van der Waals surface area contributed by atoms with Crippen molar-refractivity contribution in [3.8, 4) is 5.75 Å². The predicted octanol–water partition coefficient (Wildman–Crippen LogP) is 3.50. The Kier molecular flexibility index (Phi) is 7.95. The highest BCUT2D eigenvalue weighted by Crippen LogP contribution is 2.40. The van der Waals surface area contributed by atoms with E-state index in [1.165, 1.54) is 0 Å². The Morgan fingerprint density at radius 2 is 1.97 bits per heavy atom. The van der Waals surface area contributed by atoms with E-state index >= 15 is 0 Å². The van der Waals surface area contributed by atoms with Crippen LogP contribution in [0.3, 0.4) is 0 Å². The first-order valence-electron chi connectivity index (χ1n) is 10.7. The molecule has 0 aromatic heterocycles. The first-order valence-corrected chi connectivity index (χ1v) is 10.7. The number of aliphatic hydroxyl groups is 1. The fourth-order valence-corrected chi connectivity index (χ4v) is 4.30. The molecule has 29 heavy (non-hydrogen) atoms. The van der Waals surface area contributed by atoms with Crippen molar-refractivity contribution in [1.82, 2.24) is 5.32 Å². The van der Waals surface area contributed by atoms with E-state index in [9.17, 15) is 9.90 Å². The normalized spacial score (nSPS) is 24.7. The maximum atomic E-state index is 12.9. The van der Waals surface area contributed by atoms with Gasteiger partial charge in [-0.25, -0.2) is 0 Å². The molecule has 0 bridgehead atoms. The van der Waals surface area contributed by atoms with Gasteiger partial charge in [-0.1, -0.05) is 25.0 Å². The number of rotatable bonds is 9. The number of carbonyl (C=O) groups excluding carboxylic acids is 1. The molecule has 1 saturated carbocycles. The third-order valence-electron chi connectivity index (χ3n) is 5.83. The zero-order valence-electron chi connectivity index (χ0n) is 17.4. The van der Waals surface area contributed by atoms with Gasteiger partial charge in [-0.2, -0.15) is 0 Å². The van der Waals surface area contributed by atoms with Crippen molar-refractivity contribution >= 4 is 5.91 Å². The highest BCUT2D eigenvalue weighted by Gasteiger charge is 2.38. The molecule has 6 nitrogen and oxygen atoms in total. The van der Waals surface area contributed by atoms with E-state index < -0.39 is 6.29 Å². The Morgan fingerprint density at radius 1 is 1.24 bits per heavy atom. The van der Waals surface area contributed by atoms with Crippen molar-refractivity contribution < 1.29 is 24.1 Å². The largest absolute Gasteiger partial charge is 0.497 e. The summed E-state index contributed by atoms with van der Waals surface area (Å²) < 4.78 is 17.2. The van der Waals surface area contributed by atoms with Gasteiger partial charge in [0.25, 0.3) is 5.91 Å². The number of nitrogens with one attached hydrogen (secondary N) is 1. The number of aliphatic hydroxyl groups excluding tert-OH is 1. The van der Waals surface area contributed by atoms with Gasteiger partial charge >= 0.3 is 0 Å². The maximum Gasteiger partial charge on any atom is 0.286 e. The number of allylic oxidation sites excluding steroid dienone is 1. The van der Waals surface area contributed by atoms with E-state index in [4.69, 9.17) is 14.2 Å². The number of hydrogen-bond acceptors (Lipinski definition) is 5. The van der Waals surface area contributed by atoms with Crippen molar-refractivity contribution in [3.63, 3.8) is 0 Å². The number of benzene rings is 1. The van der Waals surface area contributed by atoms with Gasteiger partial charge in [0, 0.05) is 31.1 Å². The van der Waals surface area contributed by atoms with Gasteiger partial charge in [0.05, 0.1) is 7.11 Å². The van der Waals surface area contributed by atoms with Crippen LogP contribution in [0, 0.1) is 5.92 Å². The van der Waals surface area contributed by atoms with Gasteiger partial charge in [0.15, 0.2) is 5.76 Å². The van der Waals surface area contributed by atoms with Gasteiger partial charge in [0.2, 0.25) is 6.29 Å². The minimum Gasteiger partial charge on any atom is -0.497 e. The summed E-state index contributed by atoms with van der Waals surface area (Å²) >= 11 is 0. The van der Waals surface area contributed by atoms with Gasteiger partial charge in [-0.15, -0.1) is 0 Å². The first-order chi connectivity index (χ1) is 14.2. The van der Waals surface area contributed by atoms with Crippen LogP contribution in [-0.2, 0) is 14.3 Å². The lowest BCUT2D eigenvalue weighted by atomic mass is 9.80. The molecular formula is C23H33NO5. The van der Waals surface area contributed by atoms with Crippen LogP contribution in [0.5, 0.6) is 5.75 Å². The molecule has 1 amide bonds. The molecule has 1 aromatic carbocycles. The Bertz CT molecular complexity index is 681. The molecule has 1 aliphatic heterocycles. The van der Waals surface area contributed by atoms with Crippen LogP contribution in [-0.4, -0.2) is 43.7 Å². The van der Waals surface area contributed by atoms with Crippen molar-refractivity contribution in [2.24, 2.45) is 5.92 Å². The SMILES string of the molecule is CCO[C@H]1OC(C(=O)NC2CCCC2)=C[C@@H](c2ccc(OC)cc2)[C@H]1CCCO. The van der Waals surface area contributed by atoms with Crippen LogP contribution in [0.15, 0.2) is 36.1 Å². The lowest BCUT2D eigenvalue weighted by Crippen LogP contribution is -2.41. The quantitative estimate of drug-likeness (QED) is 0.660. The van der Waals surface area contributed by atoms with Crippen LogP contribution < -0.4 is 10.1 Å². The van der Waals surface area contributed by atoms with E-state index in [-0.39, 0.29) is 30.4 Å².